The average Bonchev–Trinajstić information content (AvgIpc) is 3.09. The van der Waals surface area contributed by atoms with Crippen LogP contribution in [-0.4, -0.2) is 68.2 Å². The second kappa shape index (κ2) is 24.5. The van der Waals surface area contributed by atoms with Crippen LogP contribution in [0.15, 0.2) is 48.5 Å². The van der Waals surface area contributed by atoms with Gasteiger partial charge < -0.3 is 36.4 Å². The fourth-order valence-corrected chi connectivity index (χ4v) is 5.80. The monoisotopic (exact) mass is 711 g/mol. The lowest BCUT2D eigenvalue weighted by Crippen LogP contribution is -2.56. The van der Waals surface area contributed by atoms with Crippen molar-refractivity contribution < 1.29 is 44.4 Å². The Morgan fingerprint density at radius 1 is 0.529 bits per heavy atom. The molecule has 3 amide bonds. The lowest BCUT2D eigenvalue weighted by Gasteiger charge is -2.24. The number of phenols is 2. The number of carboxylic acids is 2. The van der Waals surface area contributed by atoms with Gasteiger partial charge in [-0.1, -0.05) is 108 Å². The Hall–Kier alpha value is -4.61. The van der Waals surface area contributed by atoms with Gasteiger partial charge in [0, 0.05) is 25.7 Å². The molecule has 0 aliphatic carbocycles. The predicted molar refractivity (Wildman–Crippen MR) is 194 cm³/mol. The number of carboxylic acid groups (broad SMARTS) is 2. The number of benzene rings is 2. The minimum atomic E-state index is -1.41. The van der Waals surface area contributed by atoms with E-state index in [-0.39, 0.29) is 43.1 Å². The molecular formula is C39H57N3O9. The molecular weight excluding hydrogens is 654 g/mol. The van der Waals surface area contributed by atoms with Crippen LogP contribution in [0.3, 0.4) is 0 Å². The van der Waals surface area contributed by atoms with E-state index >= 15 is 0 Å². The standard InChI is InChI=1S/C39H57N3O9/c1-2-3-4-5-6-7-8-9-10-11-12-13-14-15-35(45)40-33(26-28-16-20-30(43)21-17-28)38(49)41-32(24-25-36(46)47)37(48)42-34(39(50)51)27-29-18-22-31(44)23-19-29/h16-23,32-34,43-44H,2-15,24-27H2,1H3,(H,40,45)(H,41,49)(H,42,48)(H,46,47)(H,50,51)/t32-,33-,34-/m0/s1. The fraction of sp³-hybridized carbons (Fsp3) is 0.564. The van der Waals surface area contributed by atoms with E-state index in [1.54, 1.807) is 12.1 Å². The van der Waals surface area contributed by atoms with Gasteiger partial charge in [0.2, 0.25) is 17.7 Å². The number of carbonyl (C=O) groups excluding carboxylic acids is 3. The Balaban J connectivity index is 1.98. The summed E-state index contributed by atoms with van der Waals surface area (Å²) in [5.74, 6) is -4.52. The van der Waals surface area contributed by atoms with Crippen LogP contribution >= 0.6 is 0 Å². The van der Waals surface area contributed by atoms with Crippen molar-refractivity contribution in [2.75, 3.05) is 0 Å². The molecule has 7 N–H and O–H groups in total. The van der Waals surface area contributed by atoms with Gasteiger partial charge in [0.05, 0.1) is 0 Å². The van der Waals surface area contributed by atoms with Gasteiger partial charge >= 0.3 is 11.9 Å². The summed E-state index contributed by atoms with van der Waals surface area (Å²) in [6.45, 7) is 2.22. The molecule has 0 unspecified atom stereocenters. The Morgan fingerprint density at radius 2 is 0.941 bits per heavy atom. The Labute approximate surface area is 301 Å². The van der Waals surface area contributed by atoms with Crippen LogP contribution in [0.25, 0.3) is 0 Å². The van der Waals surface area contributed by atoms with Crippen LogP contribution in [0.4, 0.5) is 0 Å². The molecule has 3 atom stereocenters. The fourth-order valence-electron chi connectivity index (χ4n) is 5.80. The molecule has 0 spiro atoms. The molecule has 12 heteroatoms. The van der Waals surface area contributed by atoms with Gasteiger partial charge in [0.1, 0.15) is 29.6 Å². The number of phenolic OH excluding ortho intramolecular Hbond substituents is 2. The lowest BCUT2D eigenvalue weighted by atomic mass is 10.0. The van der Waals surface area contributed by atoms with Crippen molar-refractivity contribution in [2.24, 2.45) is 0 Å². The molecule has 0 fully saturated rings. The zero-order valence-corrected chi connectivity index (χ0v) is 29.9. The van der Waals surface area contributed by atoms with Crippen molar-refractivity contribution in [1.29, 1.82) is 0 Å². The third-order valence-corrected chi connectivity index (χ3v) is 8.81. The summed E-state index contributed by atoms with van der Waals surface area (Å²) >= 11 is 0. The number of carbonyl (C=O) groups is 5. The van der Waals surface area contributed by atoms with Crippen molar-refractivity contribution in [3.8, 4) is 11.5 Å². The number of nitrogens with one attached hydrogen (secondary N) is 3. The van der Waals surface area contributed by atoms with E-state index in [4.69, 9.17) is 0 Å². The zero-order valence-electron chi connectivity index (χ0n) is 29.9. The Bertz CT molecular complexity index is 1350. The normalized spacial score (nSPS) is 12.7. The van der Waals surface area contributed by atoms with Gasteiger partial charge in [0.15, 0.2) is 0 Å². The van der Waals surface area contributed by atoms with Crippen LogP contribution in [0.2, 0.25) is 0 Å². The summed E-state index contributed by atoms with van der Waals surface area (Å²) in [6, 6.07) is 7.94. The minimum Gasteiger partial charge on any atom is -0.508 e. The molecule has 0 aliphatic heterocycles. The molecule has 282 valence electrons. The summed E-state index contributed by atoms with van der Waals surface area (Å²) in [5.41, 5.74) is 1.15. The first-order chi connectivity index (χ1) is 24.5. The summed E-state index contributed by atoms with van der Waals surface area (Å²) in [7, 11) is 0. The first-order valence-electron chi connectivity index (χ1n) is 18.4. The Kier molecular flexibility index (Phi) is 20.5. The van der Waals surface area contributed by atoms with E-state index in [1.165, 1.54) is 94.2 Å². The van der Waals surface area contributed by atoms with Gasteiger partial charge in [-0.15, -0.1) is 0 Å². The molecule has 0 aliphatic rings. The largest absolute Gasteiger partial charge is 0.508 e. The highest BCUT2D eigenvalue weighted by atomic mass is 16.4. The van der Waals surface area contributed by atoms with E-state index in [2.05, 4.69) is 22.9 Å². The molecule has 2 rings (SSSR count). The number of rotatable bonds is 27. The van der Waals surface area contributed by atoms with E-state index in [1.807, 2.05) is 0 Å². The van der Waals surface area contributed by atoms with Crippen LogP contribution in [0.5, 0.6) is 11.5 Å². The maximum absolute atomic E-state index is 13.6. The molecule has 0 heterocycles. The Morgan fingerprint density at radius 3 is 1.39 bits per heavy atom. The van der Waals surface area contributed by atoms with E-state index in [9.17, 15) is 44.4 Å². The molecule has 0 aromatic heterocycles. The highest BCUT2D eigenvalue weighted by Crippen LogP contribution is 2.15. The lowest BCUT2D eigenvalue weighted by molar-refractivity contribution is -0.143. The third kappa shape index (κ3) is 18.8. The SMILES string of the molecule is CCCCCCCCCCCCCCCC(=O)N[C@@H](Cc1ccc(O)cc1)C(=O)N[C@@H](CCC(=O)O)C(=O)N[C@@H](Cc1ccc(O)cc1)C(=O)O. The molecule has 2 aromatic carbocycles. The number of hydrogen-bond acceptors (Lipinski definition) is 7. The van der Waals surface area contributed by atoms with Crippen LogP contribution in [-0.2, 0) is 36.8 Å². The first-order valence-corrected chi connectivity index (χ1v) is 18.4. The number of aliphatic carboxylic acids is 2. The first kappa shape index (κ1) is 42.6. The molecule has 0 saturated carbocycles. The van der Waals surface area contributed by atoms with Gasteiger partial charge in [-0.2, -0.15) is 0 Å². The van der Waals surface area contributed by atoms with Crippen LogP contribution in [0.1, 0.15) is 121 Å². The van der Waals surface area contributed by atoms with E-state index in [0.717, 1.165) is 19.3 Å². The molecule has 2 aromatic rings. The van der Waals surface area contributed by atoms with E-state index in [0.29, 0.717) is 17.5 Å². The highest BCUT2D eigenvalue weighted by molar-refractivity contribution is 5.93. The van der Waals surface area contributed by atoms with Crippen LogP contribution < -0.4 is 16.0 Å². The van der Waals surface area contributed by atoms with E-state index < -0.39 is 48.3 Å². The number of unbranched alkanes of at least 4 members (excludes halogenated alkanes) is 12. The molecule has 0 saturated heterocycles. The van der Waals surface area contributed by atoms with Crippen LogP contribution in [0, 0.1) is 0 Å². The molecule has 51 heavy (non-hydrogen) atoms. The summed E-state index contributed by atoms with van der Waals surface area (Å²) in [6.07, 6.45) is 14.5. The average molecular weight is 712 g/mol. The summed E-state index contributed by atoms with van der Waals surface area (Å²) < 4.78 is 0. The number of hydrogen-bond donors (Lipinski definition) is 7. The zero-order chi connectivity index (χ0) is 37.4. The summed E-state index contributed by atoms with van der Waals surface area (Å²) in [5, 5.41) is 46.0. The van der Waals surface area contributed by atoms with Crippen molar-refractivity contribution in [1.82, 2.24) is 16.0 Å². The topological polar surface area (TPSA) is 202 Å². The number of amides is 3. The van der Waals surface area contributed by atoms with Gasteiger partial charge in [-0.3, -0.25) is 19.2 Å². The maximum atomic E-state index is 13.6. The molecule has 0 bridgehead atoms. The second-order valence-electron chi connectivity index (χ2n) is 13.2. The summed E-state index contributed by atoms with van der Waals surface area (Å²) in [4.78, 5) is 63.3. The molecule has 0 radical (unpaired) electrons. The third-order valence-electron chi connectivity index (χ3n) is 8.81. The van der Waals surface area contributed by atoms with Gasteiger partial charge in [-0.05, 0) is 48.2 Å². The molecule has 12 nitrogen and oxygen atoms in total. The van der Waals surface area contributed by atoms with Crippen molar-refractivity contribution in [2.45, 2.75) is 141 Å². The quantitative estimate of drug-likeness (QED) is 0.0562. The smallest absolute Gasteiger partial charge is 0.326 e. The van der Waals surface area contributed by atoms with Crippen molar-refractivity contribution >= 4 is 29.7 Å². The number of aromatic hydroxyl groups is 2. The predicted octanol–water partition coefficient (Wildman–Crippen LogP) is 5.77. The maximum Gasteiger partial charge on any atom is 0.326 e. The second-order valence-corrected chi connectivity index (χ2v) is 13.2. The minimum absolute atomic E-state index is 0.00981. The van der Waals surface area contributed by atoms with Crippen molar-refractivity contribution in [3.63, 3.8) is 0 Å². The van der Waals surface area contributed by atoms with Gasteiger partial charge in [0.25, 0.3) is 0 Å². The van der Waals surface area contributed by atoms with Crippen molar-refractivity contribution in [3.05, 3.63) is 59.7 Å². The highest BCUT2D eigenvalue weighted by Gasteiger charge is 2.30. The van der Waals surface area contributed by atoms with Gasteiger partial charge in [-0.25, -0.2) is 4.79 Å².